The number of hydrogen-bond donors (Lipinski definition) is 0. The molecule has 33 heavy (non-hydrogen) atoms. The summed E-state index contributed by atoms with van der Waals surface area (Å²) in [6, 6.07) is 2.66. The summed E-state index contributed by atoms with van der Waals surface area (Å²) in [7, 11) is 1.20. The SMILES string of the molecule is COc1ncc(-n2c(SCc3c(F)cc(C(F)(F)F)cc3F)nn3nccc3c2=O)cc1F. The van der Waals surface area contributed by atoms with Crippen LogP contribution in [0.5, 0.6) is 5.88 Å². The van der Waals surface area contributed by atoms with E-state index in [1.54, 1.807) is 0 Å². The van der Waals surface area contributed by atoms with Crippen LogP contribution in [-0.4, -0.2) is 31.5 Å². The van der Waals surface area contributed by atoms with Crippen molar-refractivity contribution in [2.24, 2.45) is 0 Å². The van der Waals surface area contributed by atoms with Crippen molar-refractivity contribution in [3.05, 3.63) is 75.6 Å². The van der Waals surface area contributed by atoms with E-state index in [2.05, 4.69) is 15.2 Å². The molecule has 0 saturated carbocycles. The van der Waals surface area contributed by atoms with Gasteiger partial charge in [-0.15, -0.1) is 9.73 Å². The number of pyridine rings is 1. The normalized spacial score (nSPS) is 11.8. The van der Waals surface area contributed by atoms with Crippen molar-refractivity contribution in [1.29, 1.82) is 0 Å². The summed E-state index contributed by atoms with van der Waals surface area (Å²) in [6.07, 6.45) is -2.52. The molecular formula is C19H11F6N5O2S. The summed E-state index contributed by atoms with van der Waals surface area (Å²) < 4.78 is 87.7. The number of ether oxygens (including phenoxy) is 1. The number of nitrogens with zero attached hydrogens (tertiary/aromatic N) is 5. The maximum absolute atomic E-state index is 14.3. The molecule has 3 heterocycles. The lowest BCUT2D eigenvalue weighted by Crippen LogP contribution is -2.25. The molecular weight excluding hydrogens is 476 g/mol. The molecule has 4 rings (SSSR count). The minimum atomic E-state index is -4.92. The van der Waals surface area contributed by atoms with E-state index < -0.39 is 46.1 Å². The van der Waals surface area contributed by atoms with Gasteiger partial charge >= 0.3 is 6.18 Å². The lowest BCUT2D eigenvalue weighted by Gasteiger charge is -2.13. The highest BCUT2D eigenvalue weighted by molar-refractivity contribution is 7.98. The molecule has 0 spiro atoms. The summed E-state index contributed by atoms with van der Waals surface area (Å²) in [5, 5.41) is 7.78. The van der Waals surface area contributed by atoms with E-state index in [4.69, 9.17) is 4.74 Å². The number of hydrogen-bond acceptors (Lipinski definition) is 6. The predicted molar refractivity (Wildman–Crippen MR) is 104 cm³/mol. The second kappa shape index (κ2) is 8.42. The Morgan fingerprint density at radius 3 is 2.39 bits per heavy atom. The van der Waals surface area contributed by atoms with E-state index in [-0.39, 0.29) is 34.4 Å². The Labute approximate surface area is 184 Å². The lowest BCUT2D eigenvalue weighted by molar-refractivity contribution is -0.138. The maximum atomic E-state index is 14.3. The van der Waals surface area contributed by atoms with Crippen molar-refractivity contribution in [2.45, 2.75) is 17.1 Å². The molecule has 0 amide bonds. The zero-order valence-corrected chi connectivity index (χ0v) is 17.2. The number of alkyl halides is 3. The van der Waals surface area contributed by atoms with Gasteiger partial charge < -0.3 is 4.74 Å². The van der Waals surface area contributed by atoms with Gasteiger partial charge in [0.1, 0.15) is 11.6 Å². The molecule has 172 valence electrons. The molecule has 0 saturated heterocycles. The first-order valence-electron chi connectivity index (χ1n) is 8.95. The maximum Gasteiger partial charge on any atom is 0.416 e. The lowest BCUT2D eigenvalue weighted by atomic mass is 10.1. The van der Waals surface area contributed by atoms with Crippen LogP contribution in [0.4, 0.5) is 26.3 Å². The third-order valence-corrected chi connectivity index (χ3v) is 5.43. The Morgan fingerprint density at radius 1 is 1.09 bits per heavy atom. The first-order chi connectivity index (χ1) is 15.6. The zero-order chi connectivity index (χ0) is 23.9. The van der Waals surface area contributed by atoms with Crippen LogP contribution in [0.2, 0.25) is 0 Å². The van der Waals surface area contributed by atoms with Crippen LogP contribution in [0.1, 0.15) is 11.1 Å². The average molecular weight is 487 g/mol. The summed E-state index contributed by atoms with van der Waals surface area (Å²) in [5.41, 5.74) is -2.87. The van der Waals surface area contributed by atoms with Crippen molar-refractivity contribution < 1.29 is 31.1 Å². The first kappa shape index (κ1) is 22.6. The van der Waals surface area contributed by atoms with Gasteiger partial charge in [-0.25, -0.2) is 18.2 Å². The highest BCUT2D eigenvalue weighted by Gasteiger charge is 2.32. The van der Waals surface area contributed by atoms with Crippen LogP contribution < -0.4 is 10.3 Å². The molecule has 0 aliphatic rings. The molecule has 7 nitrogen and oxygen atoms in total. The number of thioether (sulfide) groups is 1. The standard InChI is InChI=1S/C19H11F6N5O2S/c1-32-16-14(22)6-10(7-26-16)29-17(31)15-2-3-27-30(15)28-18(29)33-8-11-12(20)4-9(5-13(11)21)19(23,24)25/h2-7H,8H2,1H3. The molecule has 4 aromatic rings. The summed E-state index contributed by atoms with van der Waals surface area (Å²) in [6.45, 7) is 0. The third-order valence-electron chi connectivity index (χ3n) is 4.48. The summed E-state index contributed by atoms with van der Waals surface area (Å²) in [4.78, 5) is 16.7. The molecule has 14 heteroatoms. The molecule has 0 fully saturated rings. The highest BCUT2D eigenvalue weighted by Crippen LogP contribution is 2.33. The summed E-state index contributed by atoms with van der Waals surface area (Å²) >= 11 is 0.633. The number of benzene rings is 1. The predicted octanol–water partition coefficient (Wildman–Crippen LogP) is 4.01. The molecule has 0 atom stereocenters. The average Bonchev–Trinajstić information content (AvgIpc) is 3.21. The highest BCUT2D eigenvalue weighted by atomic mass is 32.2. The van der Waals surface area contributed by atoms with E-state index in [1.807, 2.05) is 0 Å². The minimum absolute atomic E-state index is 0.0162. The first-order valence-corrected chi connectivity index (χ1v) is 9.93. The number of rotatable bonds is 5. The molecule has 0 radical (unpaired) electrons. The largest absolute Gasteiger partial charge is 0.479 e. The molecule has 1 aromatic carbocycles. The fraction of sp³-hybridized carbons (Fsp3) is 0.158. The van der Waals surface area contributed by atoms with Crippen molar-refractivity contribution >= 4 is 17.3 Å². The molecule has 0 aliphatic heterocycles. The van der Waals surface area contributed by atoms with Gasteiger partial charge in [0.2, 0.25) is 5.88 Å². The molecule has 0 N–H and O–H groups in total. The Bertz CT molecular complexity index is 1400. The molecule has 3 aromatic heterocycles. The number of fused-ring (bicyclic) bond motifs is 1. The molecule has 0 bridgehead atoms. The second-order valence-electron chi connectivity index (χ2n) is 6.52. The van der Waals surface area contributed by atoms with Crippen LogP contribution in [0, 0.1) is 17.5 Å². The van der Waals surface area contributed by atoms with Gasteiger partial charge in [0.15, 0.2) is 16.5 Å². The van der Waals surface area contributed by atoms with Gasteiger partial charge in [-0.2, -0.15) is 18.3 Å². The Hall–Kier alpha value is -3.55. The summed E-state index contributed by atoms with van der Waals surface area (Å²) in [5.74, 6) is -4.57. The van der Waals surface area contributed by atoms with E-state index in [1.165, 1.54) is 19.4 Å². The Kier molecular flexibility index (Phi) is 5.78. The van der Waals surface area contributed by atoms with Crippen LogP contribution in [0.3, 0.4) is 0 Å². The van der Waals surface area contributed by atoms with E-state index in [0.29, 0.717) is 11.8 Å². The quantitative estimate of drug-likeness (QED) is 0.313. The zero-order valence-electron chi connectivity index (χ0n) is 16.4. The van der Waals surface area contributed by atoms with Gasteiger partial charge in [0.05, 0.1) is 30.8 Å². The fourth-order valence-electron chi connectivity index (χ4n) is 2.91. The second-order valence-corrected chi connectivity index (χ2v) is 7.46. The van der Waals surface area contributed by atoms with Gasteiger partial charge in [0, 0.05) is 17.4 Å². The monoisotopic (exact) mass is 487 g/mol. The molecule has 0 aliphatic carbocycles. The van der Waals surface area contributed by atoms with Gasteiger partial charge in [-0.1, -0.05) is 11.8 Å². The van der Waals surface area contributed by atoms with Crippen molar-refractivity contribution in [3.63, 3.8) is 0 Å². The van der Waals surface area contributed by atoms with Crippen molar-refractivity contribution in [2.75, 3.05) is 7.11 Å². The number of halogens is 6. The third kappa shape index (κ3) is 4.25. The van der Waals surface area contributed by atoms with Crippen LogP contribution in [0.15, 0.2) is 46.6 Å². The van der Waals surface area contributed by atoms with Gasteiger partial charge in [0.25, 0.3) is 5.56 Å². The fourth-order valence-corrected chi connectivity index (χ4v) is 3.91. The number of aromatic nitrogens is 5. The van der Waals surface area contributed by atoms with Crippen LogP contribution in [0.25, 0.3) is 11.2 Å². The van der Waals surface area contributed by atoms with E-state index in [9.17, 15) is 31.1 Å². The van der Waals surface area contributed by atoms with Crippen molar-refractivity contribution in [3.8, 4) is 11.6 Å². The van der Waals surface area contributed by atoms with E-state index >= 15 is 0 Å². The minimum Gasteiger partial charge on any atom is -0.479 e. The number of methoxy groups -OCH3 is 1. The van der Waals surface area contributed by atoms with Crippen molar-refractivity contribution in [1.82, 2.24) is 24.4 Å². The Morgan fingerprint density at radius 2 is 1.79 bits per heavy atom. The van der Waals surface area contributed by atoms with Crippen LogP contribution >= 0.6 is 11.8 Å². The molecule has 0 unspecified atom stereocenters. The van der Waals surface area contributed by atoms with Crippen LogP contribution in [-0.2, 0) is 11.9 Å². The topological polar surface area (TPSA) is 74.3 Å². The van der Waals surface area contributed by atoms with Gasteiger partial charge in [-0.3, -0.25) is 9.36 Å². The van der Waals surface area contributed by atoms with Gasteiger partial charge in [-0.05, 0) is 18.2 Å². The smallest absolute Gasteiger partial charge is 0.416 e. The van der Waals surface area contributed by atoms with E-state index in [0.717, 1.165) is 21.5 Å². The Balaban J connectivity index is 1.78.